The molecule has 0 spiro atoms. The van der Waals surface area contributed by atoms with Crippen molar-refractivity contribution in [2.24, 2.45) is 5.92 Å². The van der Waals surface area contributed by atoms with Crippen LogP contribution in [0.25, 0.3) is 0 Å². The van der Waals surface area contributed by atoms with E-state index in [0.29, 0.717) is 31.7 Å². The van der Waals surface area contributed by atoms with Crippen molar-refractivity contribution in [1.82, 2.24) is 29.0 Å². The zero-order chi connectivity index (χ0) is 28.8. The van der Waals surface area contributed by atoms with Crippen molar-refractivity contribution in [3.63, 3.8) is 0 Å². The molecule has 1 amide bonds. The Hall–Kier alpha value is -2.47. The summed E-state index contributed by atoms with van der Waals surface area (Å²) >= 11 is 0. The first kappa shape index (κ1) is 29.0. The predicted molar refractivity (Wildman–Crippen MR) is 152 cm³/mol. The highest BCUT2D eigenvalue weighted by atomic mass is 32.2. The number of nitrogens with zero attached hydrogens (tertiary/aromatic N) is 6. The second kappa shape index (κ2) is 11.1. The van der Waals surface area contributed by atoms with Crippen molar-refractivity contribution in [2.45, 2.75) is 58.2 Å². The fourth-order valence-corrected chi connectivity index (χ4v) is 7.73. The summed E-state index contributed by atoms with van der Waals surface area (Å²) in [6, 6.07) is 6.92. The molecule has 3 aliphatic rings. The molecule has 40 heavy (non-hydrogen) atoms. The van der Waals surface area contributed by atoms with E-state index in [2.05, 4.69) is 33.6 Å². The number of hydrogen-bond acceptors (Lipinski definition) is 7. The van der Waals surface area contributed by atoms with Gasteiger partial charge in [-0.05, 0) is 58.2 Å². The van der Waals surface area contributed by atoms with Gasteiger partial charge in [0.1, 0.15) is 12.1 Å². The molecule has 0 bridgehead atoms. The maximum atomic E-state index is 14.3. The summed E-state index contributed by atoms with van der Waals surface area (Å²) in [6.07, 6.45) is 4.52. The van der Waals surface area contributed by atoms with E-state index in [1.165, 1.54) is 23.0 Å². The summed E-state index contributed by atoms with van der Waals surface area (Å²) < 4.78 is 39.9. The molecule has 0 radical (unpaired) electrons. The summed E-state index contributed by atoms with van der Waals surface area (Å²) in [5.74, 6) is -0.143. The summed E-state index contributed by atoms with van der Waals surface area (Å²) in [6.45, 7) is 13.1. The number of rotatable bonds is 6. The van der Waals surface area contributed by atoms with Gasteiger partial charge in [-0.2, -0.15) is 0 Å². The molecular formula is C29H41FN6O3S. The van der Waals surface area contributed by atoms with Crippen molar-refractivity contribution in [3.8, 4) is 0 Å². The molecule has 0 N–H and O–H groups in total. The van der Waals surface area contributed by atoms with Gasteiger partial charge >= 0.3 is 0 Å². The van der Waals surface area contributed by atoms with Gasteiger partial charge < -0.3 is 4.90 Å². The number of carbonyl (C=O) groups excluding carboxylic acids is 1. The zero-order valence-corrected chi connectivity index (χ0v) is 25.0. The molecule has 2 atom stereocenters. The van der Waals surface area contributed by atoms with Crippen molar-refractivity contribution < 1.29 is 17.6 Å². The van der Waals surface area contributed by atoms with E-state index in [-0.39, 0.29) is 35.3 Å². The van der Waals surface area contributed by atoms with Gasteiger partial charge in [-0.1, -0.05) is 12.1 Å². The van der Waals surface area contributed by atoms with Gasteiger partial charge in [0, 0.05) is 69.4 Å². The van der Waals surface area contributed by atoms with Gasteiger partial charge in [-0.3, -0.25) is 14.6 Å². The summed E-state index contributed by atoms with van der Waals surface area (Å²) in [5, 5.41) is 0. The summed E-state index contributed by atoms with van der Waals surface area (Å²) in [5.41, 5.74) is 2.94. The highest BCUT2D eigenvalue weighted by Gasteiger charge is 2.46. The molecule has 5 rings (SSSR count). The number of hydrogen-bond donors (Lipinski definition) is 0. The minimum absolute atomic E-state index is 0.0115. The normalized spacial score (nSPS) is 24.1. The van der Waals surface area contributed by atoms with Gasteiger partial charge in [0.15, 0.2) is 0 Å². The van der Waals surface area contributed by atoms with Crippen molar-refractivity contribution in [3.05, 3.63) is 58.9 Å². The third kappa shape index (κ3) is 5.66. The Morgan fingerprint density at radius 3 is 2.27 bits per heavy atom. The van der Waals surface area contributed by atoms with Crippen LogP contribution < -0.4 is 0 Å². The second-order valence-corrected chi connectivity index (χ2v) is 14.1. The second-order valence-electron chi connectivity index (χ2n) is 12.1. The lowest BCUT2D eigenvalue weighted by atomic mass is 9.84. The van der Waals surface area contributed by atoms with E-state index in [9.17, 15) is 17.6 Å². The van der Waals surface area contributed by atoms with Crippen LogP contribution in [0.3, 0.4) is 0 Å². The number of sulfonamides is 1. The smallest absolute Gasteiger partial charge is 0.257 e. The third-order valence-electron chi connectivity index (χ3n) is 9.35. The number of piperidine rings is 1. The van der Waals surface area contributed by atoms with E-state index in [4.69, 9.17) is 0 Å². The molecule has 4 heterocycles. The minimum atomic E-state index is -3.23. The molecule has 3 aliphatic heterocycles. The molecule has 218 valence electrons. The molecule has 1 aromatic carbocycles. The highest BCUT2D eigenvalue weighted by Crippen LogP contribution is 2.40. The Kier molecular flexibility index (Phi) is 8.04. The largest absolute Gasteiger partial charge is 0.338 e. The monoisotopic (exact) mass is 572 g/mol. The van der Waals surface area contributed by atoms with E-state index in [1.54, 1.807) is 12.1 Å². The SMILES string of the molecule is Cc1ncnc(C)c1C(=O)N1CCC(C)(N2CCN([C@@H](c3cccc(F)c3)C3CN(S(C)(=O)=O)C3)C(C)C2)CC1. The molecule has 3 fully saturated rings. The number of aromatic nitrogens is 2. The molecule has 0 saturated carbocycles. The lowest BCUT2D eigenvalue weighted by Crippen LogP contribution is -2.64. The highest BCUT2D eigenvalue weighted by molar-refractivity contribution is 7.88. The predicted octanol–water partition coefficient (Wildman–Crippen LogP) is 2.87. The van der Waals surface area contributed by atoms with Crippen LogP contribution in [0.5, 0.6) is 0 Å². The number of aryl methyl sites for hydroxylation is 2. The lowest BCUT2D eigenvalue weighted by molar-refractivity contribution is -0.0491. The molecule has 11 heteroatoms. The van der Waals surface area contributed by atoms with Crippen molar-refractivity contribution in [2.75, 3.05) is 52.1 Å². The van der Waals surface area contributed by atoms with Crippen LogP contribution in [0.15, 0.2) is 30.6 Å². The molecule has 2 aromatic rings. The van der Waals surface area contributed by atoms with Gasteiger partial charge in [0.05, 0.1) is 23.2 Å². The Bertz CT molecular complexity index is 1340. The first-order valence-electron chi connectivity index (χ1n) is 14.2. The summed E-state index contributed by atoms with van der Waals surface area (Å²) in [7, 11) is -3.23. The fraction of sp³-hybridized carbons (Fsp3) is 0.621. The van der Waals surface area contributed by atoms with E-state index < -0.39 is 10.0 Å². The Balaban J connectivity index is 1.26. The Morgan fingerprint density at radius 2 is 1.70 bits per heavy atom. The number of likely N-dealkylation sites (tertiary alicyclic amines) is 1. The zero-order valence-electron chi connectivity index (χ0n) is 24.2. The average Bonchev–Trinajstić information content (AvgIpc) is 2.85. The van der Waals surface area contributed by atoms with E-state index in [1.807, 2.05) is 24.8 Å². The number of piperazine rings is 1. The molecule has 1 aromatic heterocycles. The van der Waals surface area contributed by atoms with Gasteiger partial charge in [0.25, 0.3) is 5.91 Å². The van der Waals surface area contributed by atoms with E-state index >= 15 is 0 Å². The van der Waals surface area contributed by atoms with Gasteiger partial charge in [0.2, 0.25) is 10.0 Å². The third-order valence-corrected chi connectivity index (χ3v) is 10.6. The summed E-state index contributed by atoms with van der Waals surface area (Å²) in [4.78, 5) is 28.7. The fourth-order valence-electron chi connectivity index (χ4n) is 6.81. The first-order chi connectivity index (χ1) is 18.9. The van der Waals surface area contributed by atoms with Crippen LogP contribution in [0.1, 0.15) is 60.0 Å². The topological polar surface area (TPSA) is 90.0 Å². The average molecular weight is 573 g/mol. The first-order valence-corrected chi connectivity index (χ1v) is 16.0. The standard InChI is InChI=1S/C29H41FN6O3S/c1-20-16-34(29(4)9-11-33(12-10-29)28(37)26-21(2)31-19-32-22(26)3)13-14-36(20)27(23-7-6-8-25(30)15-23)24-17-35(18-24)40(5,38)39/h6-8,15,19-20,24,27H,9-14,16-18H2,1-5H3/t20?,27-/m0/s1. The van der Waals surface area contributed by atoms with Crippen LogP contribution in [-0.4, -0.2) is 107 Å². The maximum Gasteiger partial charge on any atom is 0.257 e. The number of halogens is 1. The van der Waals surface area contributed by atoms with Crippen molar-refractivity contribution in [1.29, 1.82) is 0 Å². The minimum Gasteiger partial charge on any atom is -0.338 e. The molecular weight excluding hydrogens is 531 g/mol. The van der Waals surface area contributed by atoms with Crippen LogP contribution in [0, 0.1) is 25.6 Å². The van der Waals surface area contributed by atoms with Gasteiger partial charge in [-0.25, -0.2) is 27.1 Å². The van der Waals surface area contributed by atoms with E-state index in [0.717, 1.165) is 49.4 Å². The van der Waals surface area contributed by atoms with Crippen LogP contribution in [0.4, 0.5) is 4.39 Å². The Morgan fingerprint density at radius 1 is 1.05 bits per heavy atom. The molecule has 1 unspecified atom stereocenters. The number of benzene rings is 1. The van der Waals surface area contributed by atoms with Crippen LogP contribution in [-0.2, 0) is 10.0 Å². The molecule has 9 nitrogen and oxygen atoms in total. The maximum absolute atomic E-state index is 14.3. The Labute approximate surface area is 237 Å². The van der Waals surface area contributed by atoms with Crippen LogP contribution in [0.2, 0.25) is 0 Å². The number of carbonyl (C=O) groups is 1. The number of amides is 1. The lowest BCUT2D eigenvalue weighted by Gasteiger charge is -2.55. The molecule has 3 saturated heterocycles. The van der Waals surface area contributed by atoms with Crippen LogP contribution >= 0.6 is 0 Å². The van der Waals surface area contributed by atoms with Crippen molar-refractivity contribution >= 4 is 15.9 Å². The quantitative estimate of drug-likeness (QED) is 0.526. The molecule has 0 aliphatic carbocycles. The van der Waals surface area contributed by atoms with Gasteiger partial charge in [-0.15, -0.1) is 0 Å².